The molecule has 1 heterocycles. The highest BCUT2D eigenvalue weighted by molar-refractivity contribution is 7.99. The monoisotopic (exact) mass is 571 g/mol. The Morgan fingerprint density at radius 2 is 1.87 bits per heavy atom. The Hall–Kier alpha value is -2.11. The normalized spacial score (nSPS) is 19.8. The van der Waals surface area contributed by atoms with E-state index in [2.05, 4.69) is 9.84 Å². The minimum Gasteiger partial charge on any atom is -0.444 e. The number of para-hydroxylation sites is 1. The van der Waals surface area contributed by atoms with E-state index >= 15 is 0 Å². The van der Waals surface area contributed by atoms with Gasteiger partial charge in [0.15, 0.2) is 0 Å². The lowest BCUT2D eigenvalue weighted by molar-refractivity contribution is -0.133. The first kappa shape index (κ1) is 30.4. The number of hydrogen-bond donors (Lipinski definition) is 4. The molecule has 0 bridgehead atoms. The smallest absolute Gasteiger partial charge is 0.444 e. The van der Waals surface area contributed by atoms with Crippen LogP contribution in [0.15, 0.2) is 29.2 Å². The molecule has 2 unspecified atom stereocenters. The zero-order chi connectivity index (χ0) is 27.9. The first-order valence-corrected chi connectivity index (χ1v) is 15.4. The number of ether oxygens (including phenoxy) is 1. The van der Waals surface area contributed by atoms with Crippen LogP contribution < -0.4 is 15.5 Å². The molecule has 1 aliphatic heterocycles. The Kier molecular flexibility index (Phi) is 10.7. The summed E-state index contributed by atoms with van der Waals surface area (Å²) >= 11 is 1.39. The van der Waals surface area contributed by atoms with Crippen LogP contribution in [0.5, 0.6) is 0 Å². The number of nitrogens with zero attached hydrogens (tertiary/aromatic N) is 1. The summed E-state index contributed by atoms with van der Waals surface area (Å²) in [5, 5.41) is 4.54. The van der Waals surface area contributed by atoms with Crippen LogP contribution in [0.4, 0.5) is 10.5 Å². The second-order valence-electron chi connectivity index (χ2n) is 10.6. The average molecular weight is 572 g/mol. The molecule has 0 spiro atoms. The van der Waals surface area contributed by atoms with Crippen molar-refractivity contribution in [1.82, 2.24) is 10.6 Å². The van der Waals surface area contributed by atoms with E-state index in [1.165, 1.54) is 43.9 Å². The highest BCUT2D eigenvalue weighted by Crippen LogP contribution is 2.38. The van der Waals surface area contributed by atoms with Gasteiger partial charge < -0.3 is 24.7 Å². The number of anilines is 1. The first-order valence-electron chi connectivity index (χ1n) is 12.9. The molecule has 0 saturated heterocycles. The van der Waals surface area contributed by atoms with Gasteiger partial charge in [0.1, 0.15) is 11.6 Å². The Balaban J connectivity index is 1.73. The first-order chi connectivity index (χ1) is 17.8. The van der Waals surface area contributed by atoms with E-state index in [0.717, 1.165) is 23.4 Å². The van der Waals surface area contributed by atoms with Gasteiger partial charge in [-0.25, -0.2) is 9.36 Å². The number of amides is 3. The van der Waals surface area contributed by atoms with Crippen molar-refractivity contribution in [2.24, 2.45) is 5.92 Å². The standard InChI is InChI=1S/C25H38N3O8PS/c1-25(2,3)35-24(31)27-22(36-37(32,33)34)21(29)26-18-16-38-20-14-8-7-13-19(20)28(23(18)30)15-9-12-17-10-5-4-6-11-17/h7-8,13-14,17-18,22H,4-6,9-12,15-16H2,1-3H3,(H,26,29)(H,27,31)(H2,32,33,34). The Morgan fingerprint density at radius 1 is 1.18 bits per heavy atom. The number of alkyl carbamates (subject to hydrolysis) is 1. The number of hydrogen-bond acceptors (Lipinski definition) is 7. The second-order valence-corrected chi connectivity index (χ2v) is 12.9. The fourth-order valence-electron chi connectivity index (χ4n) is 4.64. The minimum absolute atomic E-state index is 0.190. The third-order valence-corrected chi connectivity index (χ3v) is 7.93. The molecule has 3 amide bonds. The summed E-state index contributed by atoms with van der Waals surface area (Å²) in [4.78, 5) is 60.0. The zero-order valence-electron chi connectivity index (χ0n) is 22.1. The molecule has 11 nitrogen and oxygen atoms in total. The van der Waals surface area contributed by atoms with Gasteiger partial charge in [-0.15, -0.1) is 11.8 Å². The molecule has 1 aromatic rings. The molecule has 13 heteroatoms. The summed E-state index contributed by atoms with van der Waals surface area (Å²) in [5.74, 6) is -0.566. The lowest BCUT2D eigenvalue weighted by Gasteiger charge is -2.28. The predicted molar refractivity (Wildman–Crippen MR) is 144 cm³/mol. The zero-order valence-corrected chi connectivity index (χ0v) is 23.8. The Labute approximate surface area is 227 Å². The van der Waals surface area contributed by atoms with Gasteiger partial charge in [0, 0.05) is 17.2 Å². The number of phosphoric acid groups is 1. The van der Waals surface area contributed by atoms with Crippen LogP contribution in [-0.2, 0) is 23.4 Å². The second kappa shape index (κ2) is 13.3. The molecule has 1 aromatic carbocycles. The van der Waals surface area contributed by atoms with E-state index in [1.807, 2.05) is 29.6 Å². The van der Waals surface area contributed by atoms with Crippen LogP contribution in [0.25, 0.3) is 0 Å². The van der Waals surface area contributed by atoms with Crippen molar-refractivity contribution in [3.05, 3.63) is 24.3 Å². The van der Waals surface area contributed by atoms with Crippen LogP contribution >= 0.6 is 19.6 Å². The molecule has 38 heavy (non-hydrogen) atoms. The number of carbonyl (C=O) groups excluding carboxylic acids is 3. The van der Waals surface area contributed by atoms with Crippen molar-refractivity contribution < 1.29 is 38.0 Å². The molecule has 1 fully saturated rings. The molecular weight excluding hydrogens is 533 g/mol. The fourth-order valence-corrected chi connectivity index (χ4v) is 6.14. The molecule has 3 rings (SSSR count). The van der Waals surface area contributed by atoms with Crippen LogP contribution in [0.1, 0.15) is 65.7 Å². The van der Waals surface area contributed by atoms with Gasteiger partial charge in [0.05, 0.1) is 5.69 Å². The predicted octanol–water partition coefficient (Wildman–Crippen LogP) is 3.93. The number of fused-ring (bicyclic) bond motifs is 1. The van der Waals surface area contributed by atoms with Crippen molar-refractivity contribution in [3.63, 3.8) is 0 Å². The third kappa shape index (κ3) is 9.57. The van der Waals surface area contributed by atoms with Gasteiger partial charge in [-0.05, 0) is 51.7 Å². The molecule has 2 aliphatic rings. The number of thioether (sulfide) groups is 1. The maximum absolute atomic E-state index is 13.6. The summed E-state index contributed by atoms with van der Waals surface area (Å²) in [6.07, 6.45) is 4.86. The van der Waals surface area contributed by atoms with E-state index in [9.17, 15) is 28.7 Å². The highest BCUT2D eigenvalue weighted by Gasteiger charge is 2.36. The maximum Gasteiger partial charge on any atom is 0.471 e. The van der Waals surface area contributed by atoms with E-state index in [1.54, 1.807) is 25.7 Å². The van der Waals surface area contributed by atoms with Crippen LogP contribution in [0.3, 0.4) is 0 Å². The summed E-state index contributed by atoms with van der Waals surface area (Å²) < 4.78 is 21.1. The van der Waals surface area contributed by atoms with Gasteiger partial charge in [0.25, 0.3) is 5.91 Å². The Bertz CT molecular complexity index is 1040. The Morgan fingerprint density at radius 3 is 2.53 bits per heavy atom. The molecule has 1 saturated carbocycles. The van der Waals surface area contributed by atoms with E-state index in [-0.39, 0.29) is 11.7 Å². The average Bonchev–Trinajstić information content (AvgIpc) is 2.94. The topological polar surface area (TPSA) is 154 Å². The van der Waals surface area contributed by atoms with E-state index in [4.69, 9.17) is 4.74 Å². The molecule has 0 aromatic heterocycles. The SMILES string of the molecule is CC(C)(C)OC(=O)NC(OP(=O)(O)O)C(=O)NC1CSc2ccccc2N(CCCC2CCCCC2)C1=O. The molecular formula is C25H38N3O8PS. The highest BCUT2D eigenvalue weighted by atomic mass is 32.2. The summed E-state index contributed by atoms with van der Waals surface area (Å²) in [6.45, 7) is 5.26. The van der Waals surface area contributed by atoms with E-state index < -0.39 is 37.7 Å². The largest absolute Gasteiger partial charge is 0.471 e. The number of phosphoric ester groups is 1. The van der Waals surface area contributed by atoms with Crippen molar-refractivity contribution in [2.45, 2.75) is 88.5 Å². The number of carbonyl (C=O) groups is 3. The lowest BCUT2D eigenvalue weighted by Crippen LogP contribution is -2.56. The molecule has 0 radical (unpaired) electrons. The third-order valence-electron chi connectivity index (χ3n) is 6.29. The van der Waals surface area contributed by atoms with Gasteiger partial charge in [-0.1, -0.05) is 44.2 Å². The molecule has 1 aliphatic carbocycles. The van der Waals surface area contributed by atoms with Crippen molar-refractivity contribution in [1.29, 1.82) is 0 Å². The maximum atomic E-state index is 13.6. The van der Waals surface area contributed by atoms with E-state index in [0.29, 0.717) is 12.5 Å². The quantitative estimate of drug-likeness (QED) is 0.255. The molecule has 4 N–H and O–H groups in total. The van der Waals surface area contributed by atoms with Gasteiger partial charge >= 0.3 is 13.9 Å². The summed E-state index contributed by atoms with van der Waals surface area (Å²) in [7, 11) is -5.18. The minimum atomic E-state index is -5.18. The van der Waals surface area contributed by atoms with Crippen LogP contribution in [0.2, 0.25) is 0 Å². The van der Waals surface area contributed by atoms with Gasteiger partial charge in [-0.2, -0.15) is 0 Å². The number of nitrogens with one attached hydrogen (secondary N) is 2. The summed E-state index contributed by atoms with van der Waals surface area (Å²) in [6, 6.07) is 6.50. The van der Waals surface area contributed by atoms with Crippen molar-refractivity contribution >= 4 is 43.2 Å². The van der Waals surface area contributed by atoms with Crippen molar-refractivity contribution in [2.75, 3.05) is 17.2 Å². The number of rotatable bonds is 9. The van der Waals surface area contributed by atoms with Gasteiger partial charge in [-0.3, -0.25) is 19.4 Å². The van der Waals surface area contributed by atoms with Crippen molar-refractivity contribution in [3.8, 4) is 0 Å². The number of benzene rings is 1. The van der Waals surface area contributed by atoms with Crippen LogP contribution in [-0.4, -0.2) is 57.9 Å². The fraction of sp³-hybridized carbons (Fsp3) is 0.640. The summed E-state index contributed by atoms with van der Waals surface area (Å²) in [5.41, 5.74) is -0.164. The molecule has 212 valence electrons. The lowest BCUT2D eigenvalue weighted by atomic mass is 9.86. The van der Waals surface area contributed by atoms with Gasteiger partial charge in [0.2, 0.25) is 12.1 Å². The molecule has 2 atom stereocenters. The van der Waals surface area contributed by atoms with Crippen LogP contribution in [0, 0.1) is 5.92 Å².